The molecule has 2 aliphatic heterocycles. The van der Waals surface area contributed by atoms with Crippen LogP contribution in [-0.4, -0.2) is 26.9 Å². The Morgan fingerprint density at radius 2 is 2.19 bits per heavy atom. The fraction of sp³-hybridized carbons (Fsp3) is 0.286. The molecular formula is C14H15BClNO3S. The maximum Gasteiger partial charge on any atom is 0.498 e. The predicted molar refractivity (Wildman–Crippen MR) is 86.7 cm³/mol. The minimum atomic E-state index is -0.351. The van der Waals surface area contributed by atoms with Crippen molar-refractivity contribution in [1.82, 2.24) is 0 Å². The van der Waals surface area contributed by atoms with E-state index in [4.69, 9.17) is 19.8 Å². The quantitative estimate of drug-likeness (QED) is 0.859. The minimum absolute atomic E-state index is 0. The predicted octanol–water partition coefficient (Wildman–Crippen LogP) is 1.97. The van der Waals surface area contributed by atoms with Crippen LogP contribution in [0.25, 0.3) is 10.4 Å². The smallest absolute Gasteiger partial charge is 0.492 e. The Balaban J connectivity index is 0.00000132. The molecule has 110 valence electrons. The fourth-order valence-corrected chi connectivity index (χ4v) is 3.63. The third-order valence-electron chi connectivity index (χ3n) is 3.70. The summed E-state index contributed by atoms with van der Waals surface area (Å²) < 4.78 is 17.5. The largest absolute Gasteiger partial charge is 0.498 e. The van der Waals surface area contributed by atoms with Gasteiger partial charge in [0.2, 0.25) is 0 Å². The molecule has 0 radical (unpaired) electrons. The molecule has 0 saturated heterocycles. The van der Waals surface area contributed by atoms with Crippen molar-refractivity contribution < 1.29 is 14.0 Å². The van der Waals surface area contributed by atoms with Gasteiger partial charge >= 0.3 is 7.12 Å². The molecule has 1 aromatic carbocycles. The average molecular weight is 324 g/mol. The number of ether oxygens (including phenoxy) is 1. The first-order valence-corrected chi connectivity index (χ1v) is 7.57. The van der Waals surface area contributed by atoms with Gasteiger partial charge in [-0.25, -0.2) is 0 Å². The number of hydrogen-bond donors (Lipinski definition) is 1. The van der Waals surface area contributed by atoms with Gasteiger partial charge < -0.3 is 19.8 Å². The molecule has 1 aromatic heterocycles. The first-order chi connectivity index (χ1) is 9.88. The van der Waals surface area contributed by atoms with E-state index in [0.29, 0.717) is 19.8 Å². The molecule has 4 rings (SSSR count). The molecule has 0 saturated carbocycles. The molecule has 0 aliphatic carbocycles. The monoisotopic (exact) mass is 323 g/mol. The summed E-state index contributed by atoms with van der Waals surface area (Å²) >= 11 is 1.71. The van der Waals surface area contributed by atoms with Crippen molar-refractivity contribution in [2.75, 3.05) is 19.8 Å². The van der Waals surface area contributed by atoms with Gasteiger partial charge in [-0.05, 0) is 34.7 Å². The van der Waals surface area contributed by atoms with E-state index >= 15 is 0 Å². The molecule has 2 aromatic rings. The molecule has 1 atom stereocenters. The van der Waals surface area contributed by atoms with Crippen LogP contribution in [0.3, 0.4) is 0 Å². The molecule has 3 heterocycles. The van der Waals surface area contributed by atoms with Crippen molar-refractivity contribution in [1.29, 1.82) is 0 Å². The van der Waals surface area contributed by atoms with Crippen molar-refractivity contribution in [2.24, 2.45) is 5.73 Å². The first kappa shape index (κ1) is 14.9. The van der Waals surface area contributed by atoms with Gasteiger partial charge in [0.15, 0.2) is 0 Å². The van der Waals surface area contributed by atoms with Crippen molar-refractivity contribution in [3.63, 3.8) is 0 Å². The van der Waals surface area contributed by atoms with Crippen LogP contribution in [0, 0.1) is 0 Å². The number of nitrogens with two attached hydrogens (primary N) is 1. The SMILES string of the molecule is Cl.NC[C@H]1OB2OCCOc3ccc(-c4cccs4)c1c32. The zero-order valence-corrected chi connectivity index (χ0v) is 12.9. The highest BCUT2D eigenvalue weighted by atomic mass is 35.5. The number of rotatable bonds is 2. The van der Waals surface area contributed by atoms with Gasteiger partial charge in [0.1, 0.15) is 12.4 Å². The van der Waals surface area contributed by atoms with E-state index < -0.39 is 0 Å². The molecule has 0 spiro atoms. The minimum Gasteiger partial charge on any atom is -0.492 e. The van der Waals surface area contributed by atoms with E-state index in [-0.39, 0.29) is 25.6 Å². The molecule has 2 aliphatic rings. The molecule has 4 nitrogen and oxygen atoms in total. The Labute approximate surface area is 133 Å². The van der Waals surface area contributed by atoms with Crippen molar-refractivity contribution in [3.05, 3.63) is 35.2 Å². The fourth-order valence-electron chi connectivity index (χ4n) is 2.87. The summed E-state index contributed by atoms with van der Waals surface area (Å²) in [7, 11) is -0.351. The third-order valence-corrected chi connectivity index (χ3v) is 4.61. The molecule has 0 bridgehead atoms. The first-order valence-electron chi connectivity index (χ1n) is 6.69. The summed E-state index contributed by atoms with van der Waals surface area (Å²) in [5.74, 6) is 0.860. The highest BCUT2D eigenvalue weighted by Crippen LogP contribution is 2.38. The van der Waals surface area contributed by atoms with Gasteiger partial charge in [-0.15, -0.1) is 23.7 Å². The molecule has 2 N–H and O–H groups in total. The van der Waals surface area contributed by atoms with Gasteiger partial charge in [0, 0.05) is 16.9 Å². The lowest BCUT2D eigenvalue weighted by Gasteiger charge is -2.15. The van der Waals surface area contributed by atoms with Crippen LogP contribution in [0.1, 0.15) is 11.7 Å². The maximum absolute atomic E-state index is 5.96. The van der Waals surface area contributed by atoms with Crippen molar-refractivity contribution in [3.8, 4) is 16.2 Å². The average Bonchev–Trinajstić information content (AvgIpc) is 3.07. The maximum atomic E-state index is 5.96. The van der Waals surface area contributed by atoms with Crippen molar-refractivity contribution >= 4 is 36.3 Å². The van der Waals surface area contributed by atoms with Crippen LogP contribution in [0.5, 0.6) is 5.75 Å². The van der Waals surface area contributed by atoms with Gasteiger partial charge in [-0.2, -0.15) is 0 Å². The Kier molecular flexibility index (Phi) is 4.24. The number of benzene rings is 1. The van der Waals surface area contributed by atoms with E-state index in [2.05, 4.69) is 23.6 Å². The number of halogens is 1. The normalized spacial score (nSPS) is 19.5. The van der Waals surface area contributed by atoms with E-state index in [0.717, 1.165) is 16.8 Å². The summed E-state index contributed by atoms with van der Waals surface area (Å²) in [5, 5.41) is 2.07. The molecule has 21 heavy (non-hydrogen) atoms. The highest BCUT2D eigenvalue weighted by molar-refractivity contribution is 7.13. The number of thiophene rings is 1. The summed E-state index contributed by atoms with van der Waals surface area (Å²) in [6, 6.07) is 8.27. The van der Waals surface area contributed by atoms with E-state index in [1.807, 2.05) is 6.07 Å². The zero-order chi connectivity index (χ0) is 13.5. The van der Waals surface area contributed by atoms with Gasteiger partial charge in [0.25, 0.3) is 0 Å². The Bertz CT molecular complexity index is 637. The van der Waals surface area contributed by atoms with Crippen LogP contribution < -0.4 is 15.9 Å². The molecular weight excluding hydrogens is 308 g/mol. The van der Waals surface area contributed by atoms with Crippen LogP contribution in [0.2, 0.25) is 0 Å². The van der Waals surface area contributed by atoms with E-state index in [1.165, 1.54) is 10.4 Å². The van der Waals surface area contributed by atoms with Gasteiger partial charge in [-0.1, -0.05) is 6.07 Å². The molecule has 0 unspecified atom stereocenters. The van der Waals surface area contributed by atoms with E-state index in [1.54, 1.807) is 11.3 Å². The zero-order valence-electron chi connectivity index (χ0n) is 11.3. The Hall–Kier alpha value is -1.05. The van der Waals surface area contributed by atoms with Crippen LogP contribution in [-0.2, 0) is 9.31 Å². The molecule has 0 fully saturated rings. The topological polar surface area (TPSA) is 53.7 Å². The van der Waals surface area contributed by atoms with Crippen LogP contribution in [0.15, 0.2) is 29.6 Å². The summed E-state index contributed by atoms with van der Waals surface area (Å²) in [6.45, 7) is 1.52. The van der Waals surface area contributed by atoms with Gasteiger partial charge in [-0.3, -0.25) is 0 Å². The second-order valence-electron chi connectivity index (χ2n) is 4.83. The summed E-state index contributed by atoms with van der Waals surface area (Å²) in [4.78, 5) is 1.22. The van der Waals surface area contributed by atoms with Crippen LogP contribution >= 0.6 is 23.7 Å². The Morgan fingerprint density at radius 1 is 1.29 bits per heavy atom. The second-order valence-corrected chi connectivity index (χ2v) is 5.78. The number of hydrogen-bond acceptors (Lipinski definition) is 5. The lowest BCUT2D eigenvalue weighted by Crippen LogP contribution is -2.31. The standard InChI is InChI=1S/C14H14BNO3S.ClH/c16-8-11-13-9(12-2-1-7-20-12)3-4-10-14(13)15(19-11)18-6-5-17-10;/h1-4,7,11H,5-6,8,16H2;1H/t11-;/m1./s1. The second kappa shape index (κ2) is 5.98. The van der Waals surface area contributed by atoms with E-state index in [9.17, 15) is 0 Å². The third kappa shape index (κ3) is 2.37. The highest BCUT2D eigenvalue weighted by Gasteiger charge is 2.42. The van der Waals surface area contributed by atoms with Crippen LogP contribution in [0.4, 0.5) is 0 Å². The Morgan fingerprint density at radius 3 is 2.95 bits per heavy atom. The molecule has 0 amide bonds. The summed E-state index contributed by atoms with van der Waals surface area (Å²) in [6.07, 6.45) is -0.131. The van der Waals surface area contributed by atoms with Crippen molar-refractivity contribution in [2.45, 2.75) is 6.10 Å². The summed E-state index contributed by atoms with van der Waals surface area (Å²) in [5.41, 5.74) is 9.19. The lowest BCUT2D eigenvalue weighted by molar-refractivity contribution is 0.148. The lowest BCUT2D eigenvalue weighted by atomic mass is 9.76. The molecule has 7 heteroatoms. The van der Waals surface area contributed by atoms with Gasteiger partial charge in [0.05, 0.1) is 12.7 Å².